The van der Waals surface area contributed by atoms with Gasteiger partial charge in [-0.1, -0.05) is 110 Å². The van der Waals surface area contributed by atoms with Crippen molar-refractivity contribution in [2.75, 3.05) is 4.90 Å². The minimum Gasteiger partial charge on any atom is -0.466 e. The fraction of sp³-hybridized carbons (Fsp3) is 0.156. The Labute approximate surface area is 216 Å². The Hall–Kier alpha value is -3.76. The highest BCUT2D eigenvalue weighted by molar-refractivity contribution is 8.00. The summed E-state index contributed by atoms with van der Waals surface area (Å²) in [6.45, 7) is 2.22. The number of hydrogen-bond donors (Lipinski definition) is 0. The van der Waals surface area contributed by atoms with Crippen LogP contribution in [0.25, 0.3) is 5.57 Å². The summed E-state index contributed by atoms with van der Waals surface area (Å²) in [5.41, 5.74) is 3.55. The molecule has 0 saturated carbocycles. The Morgan fingerprint density at radius 1 is 0.833 bits per heavy atom. The summed E-state index contributed by atoms with van der Waals surface area (Å²) in [6.07, 6.45) is 1.21. The van der Waals surface area contributed by atoms with Gasteiger partial charge in [0.25, 0.3) is 5.91 Å². The van der Waals surface area contributed by atoms with Crippen LogP contribution in [-0.2, 0) is 21.7 Å². The van der Waals surface area contributed by atoms with Crippen LogP contribution in [0.2, 0.25) is 0 Å². The van der Waals surface area contributed by atoms with Crippen molar-refractivity contribution in [3.63, 3.8) is 0 Å². The predicted octanol–water partition coefficient (Wildman–Crippen LogP) is 7.44. The molecule has 4 aromatic carbocycles. The first-order valence-corrected chi connectivity index (χ1v) is 13.2. The summed E-state index contributed by atoms with van der Waals surface area (Å²) in [7, 11) is 0. The van der Waals surface area contributed by atoms with Gasteiger partial charge in [-0.15, -0.1) is 11.8 Å². The molecule has 6 rings (SSSR count). The van der Waals surface area contributed by atoms with E-state index in [0.29, 0.717) is 24.2 Å². The largest absolute Gasteiger partial charge is 0.466 e. The quantitative estimate of drug-likeness (QED) is 0.298. The number of anilines is 1. The van der Waals surface area contributed by atoms with Crippen molar-refractivity contribution < 1.29 is 9.53 Å². The molecule has 4 heteroatoms. The molecule has 0 saturated heterocycles. The molecule has 178 valence electrons. The van der Waals surface area contributed by atoms with Crippen molar-refractivity contribution in [1.29, 1.82) is 0 Å². The van der Waals surface area contributed by atoms with Gasteiger partial charge in [0.15, 0.2) is 0 Å². The average Bonchev–Trinajstić information content (AvgIpc) is 3.04. The van der Waals surface area contributed by atoms with Crippen molar-refractivity contribution in [3.05, 3.63) is 138 Å². The van der Waals surface area contributed by atoms with Crippen molar-refractivity contribution >= 4 is 28.9 Å². The molecule has 0 N–H and O–H groups in total. The van der Waals surface area contributed by atoms with Crippen molar-refractivity contribution in [3.8, 4) is 0 Å². The summed E-state index contributed by atoms with van der Waals surface area (Å²) in [6, 6.07) is 38.6. The second-order valence-electron chi connectivity index (χ2n) is 9.32. The third kappa shape index (κ3) is 3.92. The van der Waals surface area contributed by atoms with Gasteiger partial charge >= 0.3 is 0 Å². The highest BCUT2D eigenvalue weighted by atomic mass is 32.2. The number of fused-ring (bicyclic) bond motifs is 3. The number of ether oxygens (including phenoxy) is 1. The van der Waals surface area contributed by atoms with Crippen LogP contribution in [0.1, 0.15) is 30.0 Å². The number of carbonyl (C=O) groups excluding carboxylic acids is 1. The SMILES string of the molecule is CC1CC2(c3ccccc3)OC(Cc3ccccc3)=C(c3ccccc3)C(=O)N2c2ccccc2S1. The van der Waals surface area contributed by atoms with Gasteiger partial charge in [0, 0.05) is 28.6 Å². The predicted molar refractivity (Wildman–Crippen MR) is 147 cm³/mol. The highest BCUT2D eigenvalue weighted by Gasteiger charge is 2.53. The zero-order valence-corrected chi connectivity index (χ0v) is 20.9. The Bertz CT molecular complexity index is 1420. The molecule has 2 aliphatic heterocycles. The molecule has 36 heavy (non-hydrogen) atoms. The summed E-state index contributed by atoms with van der Waals surface area (Å²) < 4.78 is 7.18. The van der Waals surface area contributed by atoms with E-state index in [4.69, 9.17) is 4.74 Å². The lowest BCUT2D eigenvalue weighted by Crippen LogP contribution is -2.55. The summed E-state index contributed by atoms with van der Waals surface area (Å²) in [5.74, 6) is 0.693. The van der Waals surface area contributed by atoms with Gasteiger partial charge in [0.2, 0.25) is 5.72 Å². The lowest BCUT2D eigenvalue weighted by atomic mass is 9.89. The van der Waals surface area contributed by atoms with E-state index in [1.165, 1.54) is 0 Å². The minimum absolute atomic E-state index is 0.0237. The Kier molecular flexibility index (Phi) is 5.90. The Morgan fingerprint density at radius 2 is 1.44 bits per heavy atom. The molecule has 0 aliphatic carbocycles. The first-order chi connectivity index (χ1) is 17.7. The molecule has 0 fully saturated rings. The third-order valence-corrected chi connectivity index (χ3v) is 8.01. The van der Waals surface area contributed by atoms with Crippen LogP contribution in [-0.4, -0.2) is 11.2 Å². The number of allylic oxidation sites excluding steroid dienone is 1. The van der Waals surface area contributed by atoms with Crippen LogP contribution in [0.5, 0.6) is 0 Å². The minimum atomic E-state index is -0.945. The summed E-state index contributed by atoms with van der Waals surface area (Å²) >= 11 is 1.80. The van der Waals surface area contributed by atoms with E-state index in [2.05, 4.69) is 37.3 Å². The van der Waals surface area contributed by atoms with E-state index < -0.39 is 5.72 Å². The number of hydrogen-bond acceptors (Lipinski definition) is 3. The topological polar surface area (TPSA) is 29.5 Å². The second kappa shape index (κ2) is 9.36. The molecule has 0 radical (unpaired) electrons. The molecular weight excluding hydrogens is 462 g/mol. The molecule has 0 spiro atoms. The van der Waals surface area contributed by atoms with E-state index in [9.17, 15) is 4.79 Å². The number of nitrogens with zero attached hydrogens (tertiary/aromatic N) is 1. The summed E-state index contributed by atoms with van der Waals surface area (Å²) in [5, 5.41) is 0.236. The second-order valence-corrected chi connectivity index (χ2v) is 10.8. The van der Waals surface area contributed by atoms with Gasteiger partial charge in [0.1, 0.15) is 5.76 Å². The summed E-state index contributed by atoms with van der Waals surface area (Å²) in [4.78, 5) is 17.8. The van der Waals surface area contributed by atoms with Crippen LogP contribution < -0.4 is 4.90 Å². The van der Waals surface area contributed by atoms with Gasteiger partial charge < -0.3 is 4.74 Å². The monoisotopic (exact) mass is 489 g/mol. The normalized spacial score (nSPS) is 21.3. The van der Waals surface area contributed by atoms with E-state index in [-0.39, 0.29) is 11.2 Å². The Morgan fingerprint density at radius 3 is 2.17 bits per heavy atom. The molecular formula is C32H27NO2S. The number of benzene rings is 4. The molecule has 0 bridgehead atoms. The number of amides is 1. The van der Waals surface area contributed by atoms with Gasteiger partial charge in [-0.25, -0.2) is 0 Å². The zero-order valence-electron chi connectivity index (χ0n) is 20.1. The lowest BCUT2D eigenvalue weighted by molar-refractivity contribution is -0.123. The van der Waals surface area contributed by atoms with E-state index in [1.807, 2.05) is 89.8 Å². The standard InChI is InChI=1S/C32H27NO2S/c1-23-22-32(26-17-9-4-10-18-26)33(27-19-11-12-20-29(27)36-23)31(34)30(25-15-7-3-8-16-25)28(35-32)21-24-13-5-2-6-14-24/h2-20,23H,21-22H2,1H3. The molecule has 2 heterocycles. The molecule has 3 nitrogen and oxygen atoms in total. The van der Waals surface area contributed by atoms with Crippen LogP contribution in [0, 0.1) is 0 Å². The van der Waals surface area contributed by atoms with E-state index in [0.717, 1.165) is 27.3 Å². The molecule has 4 aromatic rings. The fourth-order valence-electron chi connectivity index (χ4n) is 5.32. The van der Waals surface area contributed by atoms with E-state index >= 15 is 0 Å². The fourth-order valence-corrected chi connectivity index (χ4v) is 6.50. The number of thioether (sulfide) groups is 1. The van der Waals surface area contributed by atoms with Gasteiger partial charge in [-0.05, 0) is 23.3 Å². The third-order valence-electron chi connectivity index (χ3n) is 6.84. The highest BCUT2D eigenvalue weighted by Crippen LogP contribution is 2.53. The smallest absolute Gasteiger partial charge is 0.265 e. The van der Waals surface area contributed by atoms with Crippen molar-refractivity contribution in [2.24, 2.45) is 0 Å². The van der Waals surface area contributed by atoms with Gasteiger partial charge in [-0.2, -0.15) is 0 Å². The molecule has 1 amide bonds. The van der Waals surface area contributed by atoms with Crippen LogP contribution in [0.3, 0.4) is 0 Å². The van der Waals surface area contributed by atoms with Crippen molar-refractivity contribution in [1.82, 2.24) is 0 Å². The first kappa shape index (κ1) is 22.7. The van der Waals surface area contributed by atoms with Crippen molar-refractivity contribution in [2.45, 2.75) is 35.6 Å². The maximum absolute atomic E-state index is 14.7. The van der Waals surface area contributed by atoms with E-state index in [1.54, 1.807) is 11.8 Å². The maximum Gasteiger partial charge on any atom is 0.265 e. The molecule has 2 atom stereocenters. The molecule has 0 aromatic heterocycles. The van der Waals surface area contributed by atoms with Gasteiger partial charge in [-0.3, -0.25) is 9.69 Å². The molecule has 2 aliphatic rings. The first-order valence-electron chi connectivity index (χ1n) is 12.3. The molecule has 2 unspecified atom stereocenters. The number of carbonyl (C=O) groups is 1. The number of para-hydroxylation sites is 1. The van der Waals surface area contributed by atoms with Crippen LogP contribution in [0.15, 0.2) is 126 Å². The lowest BCUT2D eigenvalue weighted by Gasteiger charge is -2.48. The van der Waals surface area contributed by atoms with Crippen LogP contribution in [0.4, 0.5) is 5.69 Å². The Balaban J connectivity index is 1.63. The van der Waals surface area contributed by atoms with Gasteiger partial charge in [0.05, 0.1) is 11.3 Å². The van der Waals surface area contributed by atoms with Crippen LogP contribution >= 0.6 is 11.8 Å². The number of rotatable bonds is 4. The maximum atomic E-state index is 14.7. The average molecular weight is 490 g/mol. The zero-order chi connectivity index (χ0) is 24.5.